The molecule has 0 radical (unpaired) electrons. The highest BCUT2D eigenvalue weighted by atomic mass is 16.5. The molecule has 138 valence electrons. The molecule has 2 rings (SSSR count). The van der Waals surface area contributed by atoms with E-state index in [4.69, 9.17) is 4.74 Å². The first-order valence-corrected chi connectivity index (χ1v) is 9.16. The van der Waals surface area contributed by atoms with Crippen molar-refractivity contribution >= 4 is 12.0 Å². The van der Waals surface area contributed by atoms with E-state index < -0.39 is 18.0 Å². The minimum atomic E-state index is -0.962. The molecule has 0 heterocycles. The summed E-state index contributed by atoms with van der Waals surface area (Å²) in [4.78, 5) is 23.4. The summed E-state index contributed by atoms with van der Waals surface area (Å²) in [6.07, 6.45) is 10.3. The number of amides is 2. The van der Waals surface area contributed by atoms with Gasteiger partial charge in [0, 0.05) is 13.2 Å². The van der Waals surface area contributed by atoms with Gasteiger partial charge in [0.15, 0.2) is 0 Å². The number of carbonyl (C=O) groups is 2. The number of aliphatic carboxylic acids is 1. The van der Waals surface area contributed by atoms with Gasteiger partial charge in [-0.1, -0.05) is 32.1 Å². The van der Waals surface area contributed by atoms with Crippen LogP contribution in [0.2, 0.25) is 0 Å². The van der Waals surface area contributed by atoms with Crippen molar-refractivity contribution in [2.24, 2.45) is 5.92 Å². The van der Waals surface area contributed by atoms with Crippen molar-refractivity contribution in [2.45, 2.75) is 82.4 Å². The zero-order valence-electron chi connectivity index (χ0n) is 14.6. The summed E-state index contributed by atoms with van der Waals surface area (Å²) in [5.41, 5.74) is 5.61. The summed E-state index contributed by atoms with van der Waals surface area (Å²) in [5.74, 6) is -0.561. The van der Waals surface area contributed by atoms with Crippen LogP contribution < -0.4 is 16.2 Å². The molecular weight excluding hydrogens is 310 g/mol. The largest absolute Gasteiger partial charge is 0.480 e. The minimum absolute atomic E-state index is 0.212. The molecule has 2 aliphatic carbocycles. The fourth-order valence-electron chi connectivity index (χ4n) is 3.78. The van der Waals surface area contributed by atoms with E-state index in [1.165, 1.54) is 6.42 Å². The van der Waals surface area contributed by atoms with E-state index in [0.29, 0.717) is 18.4 Å². The number of ether oxygens (including phenoxy) is 1. The van der Waals surface area contributed by atoms with E-state index in [2.05, 4.69) is 16.2 Å². The van der Waals surface area contributed by atoms with Crippen LogP contribution in [0, 0.1) is 5.92 Å². The minimum Gasteiger partial charge on any atom is -0.480 e. The van der Waals surface area contributed by atoms with Gasteiger partial charge in [0.1, 0.15) is 6.04 Å². The van der Waals surface area contributed by atoms with E-state index in [0.717, 1.165) is 51.4 Å². The van der Waals surface area contributed by atoms with Crippen molar-refractivity contribution in [1.29, 1.82) is 0 Å². The van der Waals surface area contributed by atoms with Crippen molar-refractivity contribution in [3.8, 4) is 0 Å². The molecule has 0 saturated heterocycles. The van der Waals surface area contributed by atoms with Crippen LogP contribution in [0.1, 0.15) is 64.2 Å². The molecule has 2 amide bonds. The lowest BCUT2D eigenvalue weighted by atomic mass is 9.85. The van der Waals surface area contributed by atoms with Crippen LogP contribution in [-0.2, 0) is 9.53 Å². The highest BCUT2D eigenvalue weighted by molar-refractivity contribution is 5.82. The van der Waals surface area contributed by atoms with Gasteiger partial charge in [0.2, 0.25) is 0 Å². The second kappa shape index (κ2) is 9.84. The molecule has 0 bridgehead atoms. The van der Waals surface area contributed by atoms with Crippen LogP contribution in [0.5, 0.6) is 0 Å². The van der Waals surface area contributed by atoms with Gasteiger partial charge in [0.05, 0.1) is 6.10 Å². The van der Waals surface area contributed by atoms with Gasteiger partial charge in [-0.25, -0.2) is 15.0 Å². The molecule has 7 nitrogen and oxygen atoms in total. The number of hydrazine groups is 1. The first-order valence-electron chi connectivity index (χ1n) is 9.16. The highest BCUT2D eigenvalue weighted by Crippen LogP contribution is 2.27. The van der Waals surface area contributed by atoms with Gasteiger partial charge in [-0.05, 0) is 38.0 Å². The Hall–Kier alpha value is -1.34. The topological polar surface area (TPSA) is 99.7 Å². The number of hydrogen-bond acceptors (Lipinski definition) is 4. The molecule has 7 heteroatoms. The van der Waals surface area contributed by atoms with E-state index in [1.807, 2.05) is 0 Å². The fraction of sp³-hybridized carbons (Fsp3) is 0.882. The van der Waals surface area contributed by atoms with E-state index in [-0.39, 0.29) is 6.04 Å². The predicted octanol–water partition coefficient (Wildman–Crippen LogP) is 2.17. The standard InChI is InChI=1S/C17H31N3O4/c1-24-14-9-7-13(8-10-14)19-20-17(23)18-15(16(21)22)11-12-5-3-2-4-6-12/h12-15,19H,2-11H2,1H3,(H,21,22)(H2,18,20,23). The summed E-state index contributed by atoms with van der Waals surface area (Å²) in [6, 6.07) is -1.07. The van der Waals surface area contributed by atoms with Crippen molar-refractivity contribution in [3.05, 3.63) is 0 Å². The van der Waals surface area contributed by atoms with Crippen LogP contribution in [0.4, 0.5) is 4.79 Å². The Morgan fingerprint density at radius 1 is 1.08 bits per heavy atom. The Morgan fingerprint density at radius 2 is 1.75 bits per heavy atom. The summed E-state index contributed by atoms with van der Waals surface area (Å²) >= 11 is 0. The molecule has 1 atom stereocenters. The molecule has 0 aromatic carbocycles. The van der Waals surface area contributed by atoms with Gasteiger partial charge in [-0.15, -0.1) is 0 Å². The molecular formula is C17H31N3O4. The smallest absolute Gasteiger partial charge is 0.329 e. The van der Waals surface area contributed by atoms with Crippen molar-refractivity contribution in [1.82, 2.24) is 16.2 Å². The summed E-state index contributed by atoms with van der Waals surface area (Å²) < 4.78 is 5.32. The van der Waals surface area contributed by atoms with E-state index in [1.54, 1.807) is 7.11 Å². The second-order valence-electron chi connectivity index (χ2n) is 7.08. The molecule has 24 heavy (non-hydrogen) atoms. The number of carboxylic acid groups (broad SMARTS) is 1. The number of nitrogens with one attached hydrogen (secondary N) is 3. The Balaban J connectivity index is 1.69. The lowest BCUT2D eigenvalue weighted by Crippen LogP contribution is -2.54. The van der Waals surface area contributed by atoms with Gasteiger partial charge in [0.25, 0.3) is 0 Å². The summed E-state index contributed by atoms with van der Waals surface area (Å²) in [7, 11) is 1.72. The Bertz CT molecular complexity index is 405. The SMILES string of the molecule is COC1CCC(NNC(=O)NC(CC2CCCCC2)C(=O)O)CC1. The number of hydrogen-bond donors (Lipinski definition) is 4. The average Bonchev–Trinajstić information content (AvgIpc) is 2.60. The number of carbonyl (C=O) groups excluding carboxylic acids is 1. The van der Waals surface area contributed by atoms with Crippen molar-refractivity contribution in [2.75, 3.05) is 7.11 Å². The molecule has 2 saturated carbocycles. The molecule has 0 aromatic rings. The first-order chi connectivity index (χ1) is 11.6. The van der Waals surface area contributed by atoms with Gasteiger partial charge in [-0.3, -0.25) is 5.43 Å². The third-order valence-electron chi connectivity index (χ3n) is 5.29. The number of carboxylic acids is 1. The van der Waals surface area contributed by atoms with Crippen LogP contribution in [0.15, 0.2) is 0 Å². The molecule has 2 fully saturated rings. The second-order valence-corrected chi connectivity index (χ2v) is 7.08. The maximum atomic E-state index is 12.0. The van der Waals surface area contributed by atoms with Crippen molar-refractivity contribution in [3.63, 3.8) is 0 Å². The van der Waals surface area contributed by atoms with E-state index >= 15 is 0 Å². The Morgan fingerprint density at radius 3 is 2.33 bits per heavy atom. The fourth-order valence-corrected chi connectivity index (χ4v) is 3.78. The third kappa shape index (κ3) is 6.28. The Labute approximate surface area is 143 Å². The highest BCUT2D eigenvalue weighted by Gasteiger charge is 2.26. The Kier molecular flexibility index (Phi) is 7.78. The average molecular weight is 341 g/mol. The summed E-state index contributed by atoms with van der Waals surface area (Å²) in [5, 5.41) is 11.9. The zero-order valence-corrected chi connectivity index (χ0v) is 14.6. The molecule has 2 aliphatic rings. The van der Waals surface area contributed by atoms with Crippen LogP contribution >= 0.6 is 0 Å². The number of rotatable bonds is 7. The maximum Gasteiger partial charge on any atom is 0.329 e. The lowest BCUT2D eigenvalue weighted by Gasteiger charge is -2.29. The van der Waals surface area contributed by atoms with Crippen LogP contribution in [0.25, 0.3) is 0 Å². The lowest BCUT2D eigenvalue weighted by molar-refractivity contribution is -0.139. The van der Waals surface area contributed by atoms with Crippen molar-refractivity contribution < 1.29 is 19.4 Å². The number of methoxy groups -OCH3 is 1. The number of urea groups is 1. The van der Waals surface area contributed by atoms with E-state index in [9.17, 15) is 14.7 Å². The van der Waals surface area contributed by atoms with Gasteiger partial charge >= 0.3 is 12.0 Å². The van der Waals surface area contributed by atoms with Gasteiger partial charge in [-0.2, -0.15) is 0 Å². The molecule has 4 N–H and O–H groups in total. The molecule has 0 spiro atoms. The molecule has 0 aromatic heterocycles. The quantitative estimate of drug-likeness (QED) is 0.532. The normalized spacial score (nSPS) is 26.5. The van der Waals surface area contributed by atoms with Crippen LogP contribution in [0.3, 0.4) is 0 Å². The third-order valence-corrected chi connectivity index (χ3v) is 5.29. The predicted molar refractivity (Wildman–Crippen MR) is 90.5 cm³/mol. The zero-order chi connectivity index (χ0) is 17.4. The molecule has 1 unspecified atom stereocenters. The first kappa shape index (κ1) is 19.0. The monoisotopic (exact) mass is 341 g/mol. The summed E-state index contributed by atoms with van der Waals surface area (Å²) in [6.45, 7) is 0. The molecule has 0 aliphatic heterocycles. The maximum absolute atomic E-state index is 12.0. The van der Waals surface area contributed by atoms with Crippen LogP contribution in [-0.4, -0.2) is 42.4 Å². The van der Waals surface area contributed by atoms with Gasteiger partial charge < -0.3 is 15.2 Å².